The van der Waals surface area contributed by atoms with Gasteiger partial charge in [-0.2, -0.15) is 0 Å². The SMILES string of the molecule is CN1CCN(c2cc(O)c3c(c2)CCCN3)CC1. The number of nitrogens with zero attached hydrogens (tertiary/aromatic N) is 2. The smallest absolute Gasteiger partial charge is 0.141 e. The van der Waals surface area contributed by atoms with Crippen molar-refractivity contribution in [3.63, 3.8) is 0 Å². The Morgan fingerprint density at radius 3 is 2.72 bits per heavy atom. The van der Waals surface area contributed by atoms with Crippen LogP contribution in [0, 0.1) is 0 Å². The van der Waals surface area contributed by atoms with Gasteiger partial charge in [-0.15, -0.1) is 0 Å². The van der Waals surface area contributed by atoms with Crippen LogP contribution in [0.5, 0.6) is 5.75 Å². The molecule has 0 atom stereocenters. The summed E-state index contributed by atoms with van der Waals surface area (Å²) in [5.74, 6) is 0.404. The van der Waals surface area contributed by atoms with Crippen molar-refractivity contribution in [2.24, 2.45) is 0 Å². The first-order valence-corrected chi connectivity index (χ1v) is 6.77. The molecule has 2 aliphatic rings. The summed E-state index contributed by atoms with van der Waals surface area (Å²) >= 11 is 0. The topological polar surface area (TPSA) is 38.7 Å². The van der Waals surface area contributed by atoms with Crippen LogP contribution < -0.4 is 10.2 Å². The van der Waals surface area contributed by atoms with Gasteiger partial charge in [-0.05, 0) is 31.5 Å². The van der Waals surface area contributed by atoms with Crippen LogP contribution in [-0.2, 0) is 6.42 Å². The van der Waals surface area contributed by atoms with Crippen molar-refractivity contribution in [1.82, 2.24) is 4.90 Å². The Labute approximate surface area is 108 Å². The van der Waals surface area contributed by atoms with E-state index in [-0.39, 0.29) is 0 Å². The second-order valence-corrected chi connectivity index (χ2v) is 5.32. The van der Waals surface area contributed by atoms with Crippen LogP contribution in [0.15, 0.2) is 12.1 Å². The van der Waals surface area contributed by atoms with Gasteiger partial charge < -0.3 is 20.2 Å². The average Bonchev–Trinajstić information content (AvgIpc) is 2.39. The van der Waals surface area contributed by atoms with Crippen molar-refractivity contribution in [1.29, 1.82) is 0 Å². The molecule has 0 aliphatic carbocycles. The van der Waals surface area contributed by atoms with Gasteiger partial charge in [-0.3, -0.25) is 0 Å². The van der Waals surface area contributed by atoms with E-state index in [0.29, 0.717) is 5.75 Å². The first-order chi connectivity index (χ1) is 8.74. The predicted molar refractivity (Wildman–Crippen MR) is 74.6 cm³/mol. The zero-order valence-corrected chi connectivity index (χ0v) is 10.9. The minimum atomic E-state index is 0.404. The van der Waals surface area contributed by atoms with E-state index >= 15 is 0 Å². The van der Waals surface area contributed by atoms with E-state index in [2.05, 4.69) is 28.2 Å². The third kappa shape index (κ3) is 2.12. The molecule has 0 saturated carbocycles. The number of likely N-dealkylation sites (N-methyl/N-ethyl adjacent to an activating group) is 1. The highest BCUT2D eigenvalue weighted by Gasteiger charge is 2.19. The molecule has 0 bridgehead atoms. The second kappa shape index (κ2) is 4.69. The van der Waals surface area contributed by atoms with Gasteiger partial charge in [0.25, 0.3) is 0 Å². The Bertz CT molecular complexity index is 439. The number of hydrogen-bond donors (Lipinski definition) is 2. The van der Waals surface area contributed by atoms with Crippen LogP contribution in [0.3, 0.4) is 0 Å². The number of aromatic hydroxyl groups is 1. The van der Waals surface area contributed by atoms with Crippen LogP contribution in [0.1, 0.15) is 12.0 Å². The lowest BCUT2D eigenvalue weighted by atomic mass is 10.0. The first kappa shape index (κ1) is 11.7. The fourth-order valence-electron chi connectivity index (χ4n) is 2.81. The summed E-state index contributed by atoms with van der Waals surface area (Å²) in [6.45, 7) is 5.24. The number of fused-ring (bicyclic) bond motifs is 1. The summed E-state index contributed by atoms with van der Waals surface area (Å²) in [4.78, 5) is 4.71. The fraction of sp³-hybridized carbons (Fsp3) is 0.571. The van der Waals surface area contributed by atoms with Crippen molar-refractivity contribution in [3.05, 3.63) is 17.7 Å². The van der Waals surface area contributed by atoms with Crippen molar-refractivity contribution in [2.75, 3.05) is 50.0 Å². The number of hydrogen-bond acceptors (Lipinski definition) is 4. The molecule has 1 aromatic rings. The molecular weight excluding hydrogens is 226 g/mol. The number of anilines is 2. The third-order valence-corrected chi connectivity index (χ3v) is 3.98. The lowest BCUT2D eigenvalue weighted by Crippen LogP contribution is -2.44. The number of aryl methyl sites for hydroxylation is 1. The molecule has 0 unspecified atom stereocenters. The number of phenolic OH excluding ortho intramolecular Hbond substituents is 1. The lowest BCUT2D eigenvalue weighted by Gasteiger charge is -2.35. The molecule has 2 N–H and O–H groups in total. The Morgan fingerprint density at radius 1 is 1.17 bits per heavy atom. The molecule has 0 radical (unpaired) electrons. The van der Waals surface area contributed by atoms with Crippen molar-refractivity contribution in [3.8, 4) is 5.75 Å². The maximum Gasteiger partial charge on any atom is 0.141 e. The molecule has 1 aromatic carbocycles. The van der Waals surface area contributed by atoms with Gasteiger partial charge in [0.2, 0.25) is 0 Å². The van der Waals surface area contributed by atoms with Crippen LogP contribution >= 0.6 is 0 Å². The van der Waals surface area contributed by atoms with Gasteiger partial charge in [0, 0.05) is 44.5 Å². The van der Waals surface area contributed by atoms with Crippen LogP contribution in [0.25, 0.3) is 0 Å². The minimum absolute atomic E-state index is 0.404. The van der Waals surface area contributed by atoms with Crippen LogP contribution in [0.4, 0.5) is 11.4 Å². The summed E-state index contributed by atoms with van der Waals surface area (Å²) in [7, 11) is 2.16. The second-order valence-electron chi connectivity index (χ2n) is 5.32. The number of nitrogens with one attached hydrogen (secondary N) is 1. The van der Waals surface area contributed by atoms with Gasteiger partial charge in [0.05, 0.1) is 5.69 Å². The predicted octanol–water partition coefficient (Wildman–Crippen LogP) is 1.50. The molecule has 1 saturated heterocycles. The van der Waals surface area contributed by atoms with Crippen molar-refractivity contribution in [2.45, 2.75) is 12.8 Å². The van der Waals surface area contributed by atoms with E-state index in [1.807, 2.05) is 6.07 Å². The molecule has 18 heavy (non-hydrogen) atoms. The van der Waals surface area contributed by atoms with Crippen LogP contribution in [-0.4, -0.2) is 49.8 Å². The molecule has 4 nitrogen and oxygen atoms in total. The quantitative estimate of drug-likeness (QED) is 0.738. The van der Waals surface area contributed by atoms with E-state index in [1.165, 1.54) is 11.3 Å². The highest BCUT2D eigenvalue weighted by molar-refractivity contribution is 5.69. The number of benzene rings is 1. The normalized spacial score (nSPS) is 20.4. The summed E-state index contributed by atoms with van der Waals surface area (Å²) in [6, 6.07) is 4.15. The maximum absolute atomic E-state index is 10.1. The van der Waals surface area contributed by atoms with Gasteiger partial charge in [0.15, 0.2) is 0 Å². The van der Waals surface area contributed by atoms with Gasteiger partial charge in [-0.1, -0.05) is 0 Å². The summed E-state index contributed by atoms with van der Waals surface area (Å²) in [6.07, 6.45) is 2.22. The zero-order chi connectivity index (χ0) is 12.5. The summed E-state index contributed by atoms with van der Waals surface area (Å²) in [5.41, 5.74) is 3.37. The number of rotatable bonds is 1. The number of phenols is 1. The van der Waals surface area contributed by atoms with Gasteiger partial charge in [0.1, 0.15) is 5.75 Å². The van der Waals surface area contributed by atoms with Gasteiger partial charge in [-0.25, -0.2) is 0 Å². The average molecular weight is 247 g/mol. The van der Waals surface area contributed by atoms with Gasteiger partial charge >= 0.3 is 0 Å². The van der Waals surface area contributed by atoms with E-state index in [1.54, 1.807) is 0 Å². The van der Waals surface area contributed by atoms with E-state index in [0.717, 1.165) is 51.3 Å². The molecule has 0 amide bonds. The first-order valence-electron chi connectivity index (χ1n) is 6.77. The minimum Gasteiger partial charge on any atom is -0.506 e. The third-order valence-electron chi connectivity index (χ3n) is 3.98. The molecular formula is C14H21N3O. The Balaban J connectivity index is 1.86. The number of piperazine rings is 1. The fourth-order valence-corrected chi connectivity index (χ4v) is 2.81. The monoisotopic (exact) mass is 247 g/mol. The van der Waals surface area contributed by atoms with Crippen molar-refractivity contribution < 1.29 is 5.11 Å². The molecule has 3 rings (SSSR count). The van der Waals surface area contributed by atoms with Crippen molar-refractivity contribution >= 4 is 11.4 Å². The standard InChI is InChI=1S/C14H21N3O/c1-16-5-7-17(8-6-16)12-9-11-3-2-4-15-14(11)13(18)10-12/h9-10,15,18H,2-8H2,1H3. The van der Waals surface area contributed by atoms with E-state index in [4.69, 9.17) is 0 Å². The molecule has 1 fully saturated rings. The summed E-state index contributed by atoms with van der Waals surface area (Å²) < 4.78 is 0. The molecule has 4 heteroatoms. The molecule has 98 valence electrons. The molecule has 2 heterocycles. The highest BCUT2D eigenvalue weighted by Crippen LogP contribution is 2.36. The molecule has 0 spiro atoms. The Kier molecular flexibility index (Phi) is 3.04. The highest BCUT2D eigenvalue weighted by atomic mass is 16.3. The zero-order valence-electron chi connectivity index (χ0n) is 10.9. The summed E-state index contributed by atoms with van der Waals surface area (Å²) in [5, 5.41) is 13.4. The van der Waals surface area contributed by atoms with E-state index in [9.17, 15) is 5.11 Å². The van der Waals surface area contributed by atoms with E-state index < -0.39 is 0 Å². The lowest BCUT2D eigenvalue weighted by molar-refractivity contribution is 0.312. The molecule has 2 aliphatic heterocycles. The Hall–Kier alpha value is -1.42. The van der Waals surface area contributed by atoms with Crippen LogP contribution in [0.2, 0.25) is 0 Å². The largest absolute Gasteiger partial charge is 0.506 e. The molecule has 0 aromatic heterocycles. The Morgan fingerprint density at radius 2 is 1.94 bits per heavy atom. The maximum atomic E-state index is 10.1.